The first kappa shape index (κ1) is 11.6. The Kier molecular flexibility index (Phi) is 3.75. The van der Waals surface area contributed by atoms with Crippen molar-refractivity contribution in [2.45, 2.75) is 25.8 Å². The molecule has 0 bridgehead atoms. The number of nitrogens with one attached hydrogen (secondary N) is 2. The molecule has 1 aromatic carbocycles. The van der Waals surface area contributed by atoms with Gasteiger partial charge < -0.3 is 10.6 Å². The molecule has 0 saturated carbocycles. The van der Waals surface area contributed by atoms with Crippen molar-refractivity contribution >= 4 is 11.8 Å². The monoisotopic (exact) mass is 232 g/mol. The van der Waals surface area contributed by atoms with E-state index in [4.69, 9.17) is 0 Å². The number of hydrogen-bond acceptors (Lipinski definition) is 2. The van der Waals surface area contributed by atoms with Crippen LogP contribution < -0.4 is 10.6 Å². The van der Waals surface area contributed by atoms with Crippen LogP contribution in [-0.2, 0) is 22.6 Å². The molecule has 0 spiro atoms. The molecule has 2 heterocycles. The highest BCUT2D eigenvalue weighted by atomic mass is 16.2. The fourth-order valence-corrected chi connectivity index (χ4v) is 1.90. The minimum Gasteiger partial charge on any atom is -0.356 e. The highest BCUT2D eigenvalue weighted by molar-refractivity contribution is 5.80. The second-order valence-corrected chi connectivity index (χ2v) is 4.18. The third-order valence-corrected chi connectivity index (χ3v) is 2.85. The van der Waals surface area contributed by atoms with E-state index in [0.717, 1.165) is 24.9 Å². The Labute approximate surface area is 100 Å². The third-order valence-electron chi connectivity index (χ3n) is 2.85. The first-order chi connectivity index (χ1) is 8.25. The summed E-state index contributed by atoms with van der Waals surface area (Å²) in [6.07, 6.45) is 2.30. The van der Waals surface area contributed by atoms with Crippen molar-refractivity contribution < 1.29 is 9.59 Å². The summed E-state index contributed by atoms with van der Waals surface area (Å²) in [6, 6.07) is 8.02. The number of carbonyl (C=O) groups is 2. The smallest absolute Gasteiger partial charge is 0.224 e. The second kappa shape index (κ2) is 5.48. The lowest BCUT2D eigenvalue weighted by molar-refractivity contribution is -0.121. The summed E-state index contributed by atoms with van der Waals surface area (Å²) in [5.41, 5.74) is 2.41. The average Bonchev–Trinajstić information content (AvgIpc) is 2.81. The Morgan fingerprint density at radius 2 is 1.71 bits per heavy atom. The molecule has 2 N–H and O–H groups in total. The number of benzene rings is 1. The molecule has 0 aromatic heterocycles. The summed E-state index contributed by atoms with van der Waals surface area (Å²) in [6.45, 7) is 1.58. The summed E-state index contributed by atoms with van der Waals surface area (Å²) >= 11 is 0. The molecule has 0 aliphatic carbocycles. The van der Waals surface area contributed by atoms with Crippen LogP contribution in [0.2, 0.25) is 0 Å². The molecule has 2 aliphatic rings. The number of carbonyl (C=O) groups excluding carboxylic acids is 2. The minimum absolute atomic E-state index is 0.128. The Hall–Kier alpha value is -1.84. The van der Waals surface area contributed by atoms with Crippen molar-refractivity contribution in [2.24, 2.45) is 0 Å². The summed E-state index contributed by atoms with van der Waals surface area (Å²) in [5.74, 6) is 0.332. The lowest BCUT2D eigenvalue weighted by Crippen LogP contribution is -2.29. The van der Waals surface area contributed by atoms with Gasteiger partial charge in [-0.15, -0.1) is 0 Å². The Bertz CT molecular complexity index is 421. The van der Waals surface area contributed by atoms with Gasteiger partial charge in [-0.2, -0.15) is 0 Å². The van der Waals surface area contributed by atoms with Crippen molar-refractivity contribution in [1.29, 1.82) is 0 Å². The maximum Gasteiger partial charge on any atom is 0.224 e. The van der Waals surface area contributed by atoms with Gasteiger partial charge >= 0.3 is 0 Å². The number of fused-ring (bicyclic) bond motifs is 1. The van der Waals surface area contributed by atoms with Crippen molar-refractivity contribution in [3.05, 3.63) is 35.4 Å². The molecule has 0 unspecified atom stereocenters. The van der Waals surface area contributed by atoms with E-state index in [1.165, 1.54) is 5.56 Å². The quantitative estimate of drug-likeness (QED) is 0.693. The van der Waals surface area contributed by atoms with E-state index < -0.39 is 0 Å². The molecular formula is C13H16N2O2. The van der Waals surface area contributed by atoms with Crippen LogP contribution >= 0.6 is 0 Å². The molecule has 0 radical (unpaired) electrons. The topological polar surface area (TPSA) is 58.2 Å². The fourth-order valence-electron chi connectivity index (χ4n) is 1.90. The average molecular weight is 232 g/mol. The van der Waals surface area contributed by atoms with Gasteiger partial charge in [-0.1, -0.05) is 24.3 Å². The normalized spacial score (nSPS) is 17.4. The first-order valence-electron chi connectivity index (χ1n) is 5.86. The Morgan fingerprint density at radius 3 is 2.29 bits per heavy atom. The Morgan fingerprint density at radius 1 is 0.941 bits per heavy atom. The van der Waals surface area contributed by atoms with E-state index in [1.807, 2.05) is 18.2 Å². The maximum absolute atomic E-state index is 10.9. The highest BCUT2D eigenvalue weighted by Gasteiger charge is 2.12. The molecule has 2 amide bonds. The van der Waals surface area contributed by atoms with Crippen LogP contribution in [0.4, 0.5) is 0 Å². The summed E-state index contributed by atoms with van der Waals surface area (Å²) in [5, 5.41) is 5.48. The SMILES string of the molecule is O=C1CCCN1.O=C1Cc2ccccc2CN1. The molecule has 90 valence electrons. The number of hydrogen-bond donors (Lipinski definition) is 2. The molecule has 0 atom stereocenters. The van der Waals surface area contributed by atoms with Crippen molar-refractivity contribution in [3.8, 4) is 0 Å². The summed E-state index contributed by atoms with van der Waals surface area (Å²) in [7, 11) is 0. The van der Waals surface area contributed by atoms with Gasteiger partial charge in [-0.25, -0.2) is 0 Å². The van der Waals surface area contributed by atoms with E-state index in [1.54, 1.807) is 0 Å². The predicted octanol–water partition coefficient (Wildman–Crippen LogP) is 0.755. The van der Waals surface area contributed by atoms with Gasteiger partial charge in [-0.05, 0) is 17.5 Å². The summed E-state index contributed by atoms with van der Waals surface area (Å²) < 4.78 is 0. The van der Waals surface area contributed by atoms with E-state index in [-0.39, 0.29) is 11.8 Å². The van der Waals surface area contributed by atoms with Crippen molar-refractivity contribution in [1.82, 2.24) is 10.6 Å². The van der Waals surface area contributed by atoms with Crippen LogP contribution in [0.1, 0.15) is 24.0 Å². The fraction of sp³-hybridized carbons (Fsp3) is 0.385. The number of amides is 2. The molecule has 2 aliphatic heterocycles. The van der Waals surface area contributed by atoms with E-state index in [9.17, 15) is 9.59 Å². The van der Waals surface area contributed by atoms with E-state index >= 15 is 0 Å². The molecule has 1 fully saturated rings. The van der Waals surface area contributed by atoms with Gasteiger partial charge in [0.25, 0.3) is 0 Å². The second-order valence-electron chi connectivity index (χ2n) is 4.18. The van der Waals surface area contributed by atoms with Crippen molar-refractivity contribution in [2.75, 3.05) is 6.54 Å². The zero-order valence-electron chi connectivity index (χ0n) is 9.66. The van der Waals surface area contributed by atoms with Gasteiger partial charge in [0.05, 0.1) is 6.42 Å². The molecular weight excluding hydrogens is 216 g/mol. The van der Waals surface area contributed by atoms with Crippen LogP contribution in [0.3, 0.4) is 0 Å². The van der Waals surface area contributed by atoms with Gasteiger partial charge in [0.1, 0.15) is 0 Å². The van der Waals surface area contributed by atoms with Gasteiger partial charge in [0.2, 0.25) is 11.8 Å². The zero-order chi connectivity index (χ0) is 12.1. The lowest BCUT2D eigenvalue weighted by atomic mass is 10.0. The standard InChI is InChI=1S/C9H9NO.C4H7NO/c11-9-5-7-3-1-2-4-8(7)6-10-9;6-4-2-1-3-5-4/h1-4H,5-6H2,(H,10,11);1-3H2,(H,5,6). The molecule has 1 aromatic rings. The van der Waals surface area contributed by atoms with Crippen molar-refractivity contribution in [3.63, 3.8) is 0 Å². The minimum atomic E-state index is 0.128. The first-order valence-corrected chi connectivity index (χ1v) is 5.86. The van der Waals surface area contributed by atoms with Crippen LogP contribution in [-0.4, -0.2) is 18.4 Å². The molecule has 4 heteroatoms. The lowest BCUT2D eigenvalue weighted by Gasteiger charge is -2.15. The van der Waals surface area contributed by atoms with Crippen LogP contribution in [0.15, 0.2) is 24.3 Å². The Balaban J connectivity index is 0.000000153. The molecule has 1 saturated heterocycles. The third kappa shape index (κ3) is 3.31. The van der Waals surface area contributed by atoms with Crippen LogP contribution in [0, 0.1) is 0 Å². The van der Waals surface area contributed by atoms with Gasteiger partial charge in [0.15, 0.2) is 0 Å². The predicted molar refractivity (Wildman–Crippen MR) is 64.2 cm³/mol. The number of rotatable bonds is 0. The maximum atomic E-state index is 10.9. The zero-order valence-corrected chi connectivity index (χ0v) is 9.66. The van der Waals surface area contributed by atoms with Crippen LogP contribution in [0.5, 0.6) is 0 Å². The summed E-state index contributed by atoms with van der Waals surface area (Å²) in [4.78, 5) is 21.0. The van der Waals surface area contributed by atoms with Gasteiger partial charge in [0, 0.05) is 19.5 Å². The van der Waals surface area contributed by atoms with Gasteiger partial charge in [-0.3, -0.25) is 9.59 Å². The molecule has 3 rings (SSSR count). The van der Waals surface area contributed by atoms with E-state index in [2.05, 4.69) is 16.7 Å². The molecule has 17 heavy (non-hydrogen) atoms. The van der Waals surface area contributed by atoms with E-state index in [0.29, 0.717) is 13.0 Å². The highest BCUT2D eigenvalue weighted by Crippen LogP contribution is 2.12. The molecule has 4 nitrogen and oxygen atoms in total. The largest absolute Gasteiger partial charge is 0.356 e. The van der Waals surface area contributed by atoms with Crippen LogP contribution in [0.25, 0.3) is 0 Å².